The Balaban J connectivity index is 2.17. The smallest absolute Gasteiger partial charge is 0.330 e. The molecule has 1 heterocycles. The third-order valence-electron chi connectivity index (χ3n) is 2.59. The molecule has 1 aliphatic heterocycles. The van der Waals surface area contributed by atoms with Crippen molar-refractivity contribution in [1.29, 1.82) is 0 Å². The van der Waals surface area contributed by atoms with E-state index in [9.17, 15) is 4.79 Å². The van der Waals surface area contributed by atoms with Crippen molar-refractivity contribution >= 4 is 15.0 Å². The van der Waals surface area contributed by atoms with Gasteiger partial charge in [-0.05, 0) is 19.4 Å². The first kappa shape index (κ1) is 14.4. The Hall–Kier alpha value is -0.693. The molecule has 3 atom stereocenters. The zero-order valence-corrected chi connectivity index (χ0v) is 11.3. The van der Waals surface area contributed by atoms with E-state index in [1.807, 2.05) is 6.92 Å². The second-order valence-electron chi connectivity index (χ2n) is 3.83. The lowest BCUT2D eigenvalue weighted by atomic mass is 10.5. The molecule has 5 nitrogen and oxygen atoms in total. The van der Waals surface area contributed by atoms with E-state index in [0.717, 1.165) is 18.5 Å². The molecule has 0 radical (unpaired) electrons. The molecule has 0 spiro atoms. The van der Waals surface area contributed by atoms with Gasteiger partial charge in [0.2, 0.25) is 9.04 Å². The Bertz CT molecular complexity index is 258. The minimum atomic E-state index is -1.44. The van der Waals surface area contributed by atoms with Crippen LogP contribution in [0.1, 0.15) is 13.3 Å². The predicted molar refractivity (Wildman–Crippen MR) is 65.1 cm³/mol. The fourth-order valence-electron chi connectivity index (χ4n) is 1.70. The van der Waals surface area contributed by atoms with Crippen molar-refractivity contribution < 1.29 is 23.8 Å². The van der Waals surface area contributed by atoms with Gasteiger partial charge in [0, 0.05) is 12.7 Å². The van der Waals surface area contributed by atoms with E-state index in [1.165, 1.54) is 0 Å². The highest BCUT2D eigenvalue weighted by Crippen LogP contribution is 2.27. The lowest BCUT2D eigenvalue weighted by molar-refractivity contribution is -0.137. The summed E-state index contributed by atoms with van der Waals surface area (Å²) in [6, 6.07) is 0.888. The van der Waals surface area contributed by atoms with Crippen LogP contribution >= 0.6 is 0 Å². The fourth-order valence-corrected chi connectivity index (χ4v) is 4.36. The maximum absolute atomic E-state index is 10.8. The molecule has 0 saturated carbocycles. The molecule has 1 aliphatic rings. The van der Waals surface area contributed by atoms with Gasteiger partial charge in [-0.25, -0.2) is 4.79 Å². The van der Waals surface area contributed by atoms with Gasteiger partial charge < -0.3 is 19.0 Å². The molecule has 0 aromatic heterocycles. The lowest BCUT2D eigenvalue weighted by Gasteiger charge is -2.12. The number of esters is 1. The molecule has 3 unspecified atom stereocenters. The van der Waals surface area contributed by atoms with Crippen molar-refractivity contribution in [2.75, 3.05) is 19.8 Å². The molecule has 0 aliphatic carbocycles. The van der Waals surface area contributed by atoms with Gasteiger partial charge in [0.1, 0.15) is 11.8 Å². The Kier molecular flexibility index (Phi) is 6.42. The summed E-state index contributed by atoms with van der Waals surface area (Å²) in [5, 5.41) is 8.93. The Labute approximate surface area is 103 Å². The van der Waals surface area contributed by atoms with Crippen LogP contribution in [0.5, 0.6) is 0 Å². The summed E-state index contributed by atoms with van der Waals surface area (Å²) in [5.74, 6) is -0.393. The third-order valence-corrected chi connectivity index (χ3v) is 5.65. The van der Waals surface area contributed by atoms with Crippen molar-refractivity contribution in [1.82, 2.24) is 0 Å². The number of aliphatic hydroxyl groups is 1. The van der Waals surface area contributed by atoms with E-state index in [2.05, 4.69) is 6.58 Å². The van der Waals surface area contributed by atoms with E-state index in [1.54, 1.807) is 0 Å². The zero-order valence-electron chi connectivity index (χ0n) is 10.1. The number of ether oxygens (including phenoxy) is 2. The summed E-state index contributed by atoms with van der Waals surface area (Å²) in [6.07, 6.45) is 1.89. The second-order valence-corrected chi connectivity index (χ2v) is 6.47. The standard InChI is InChI=1S/C11H20O5Si/c1-3-10(13)14-6-5-7-17(15-4-2)11-9(8-12)16-11/h3,9,11-12,17H,1,4-8H2,2H3. The maximum atomic E-state index is 10.8. The van der Waals surface area contributed by atoms with Crippen LogP contribution in [0.15, 0.2) is 12.7 Å². The minimum absolute atomic E-state index is 0.0334. The molecule has 98 valence electrons. The van der Waals surface area contributed by atoms with Gasteiger partial charge in [0.05, 0.1) is 13.2 Å². The minimum Gasteiger partial charge on any atom is -0.463 e. The van der Waals surface area contributed by atoms with Crippen LogP contribution < -0.4 is 0 Å². The third kappa shape index (κ3) is 4.99. The van der Waals surface area contributed by atoms with Crippen LogP contribution in [0.25, 0.3) is 0 Å². The maximum Gasteiger partial charge on any atom is 0.330 e. The van der Waals surface area contributed by atoms with Crippen LogP contribution in [-0.2, 0) is 18.7 Å². The number of rotatable bonds is 9. The van der Waals surface area contributed by atoms with E-state index >= 15 is 0 Å². The number of aliphatic hydroxyl groups excluding tert-OH is 1. The topological polar surface area (TPSA) is 68.3 Å². The molecular weight excluding hydrogens is 240 g/mol. The van der Waals surface area contributed by atoms with Gasteiger partial charge in [-0.2, -0.15) is 0 Å². The fraction of sp³-hybridized carbons (Fsp3) is 0.727. The van der Waals surface area contributed by atoms with Crippen molar-refractivity contribution in [3.05, 3.63) is 12.7 Å². The predicted octanol–water partition coefficient (Wildman–Crippen LogP) is 0.165. The Morgan fingerprint density at radius 3 is 2.94 bits per heavy atom. The summed E-state index contributed by atoms with van der Waals surface area (Å²) in [6.45, 7) is 6.39. The van der Waals surface area contributed by atoms with E-state index in [-0.39, 0.29) is 18.4 Å². The number of epoxide rings is 1. The average molecular weight is 260 g/mol. The molecule has 0 aromatic rings. The van der Waals surface area contributed by atoms with Gasteiger partial charge in [-0.15, -0.1) is 0 Å². The second kappa shape index (κ2) is 7.60. The zero-order chi connectivity index (χ0) is 12.7. The molecule has 1 saturated heterocycles. The number of hydrogen-bond donors (Lipinski definition) is 1. The quantitative estimate of drug-likeness (QED) is 0.210. The molecular formula is C11H20O5Si. The van der Waals surface area contributed by atoms with E-state index < -0.39 is 15.0 Å². The molecule has 1 fully saturated rings. The normalized spacial score (nSPS) is 24.1. The van der Waals surface area contributed by atoms with Crippen LogP contribution in [-0.4, -0.2) is 51.8 Å². The first-order valence-electron chi connectivity index (χ1n) is 5.90. The summed E-state index contributed by atoms with van der Waals surface area (Å²) in [7, 11) is -1.44. The van der Waals surface area contributed by atoms with Gasteiger partial charge in [0.15, 0.2) is 0 Å². The Morgan fingerprint density at radius 2 is 2.41 bits per heavy atom. The van der Waals surface area contributed by atoms with Gasteiger partial charge in [-0.3, -0.25) is 0 Å². The summed E-state index contributed by atoms with van der Waals surface area (Å²) in [5.41, 5.74) is 0.120. The SMILES string of the molecule is C=CC(=O)OCCC[SiH](OCC)C1OC1CO. The molecule has 1 N–H and O–H groups in total. The number of carbonyl (C=O) groups excluding carboxylic acids is 1. The molecule has 6 heteroatoms. The molecule has 0 amide bonds. The molecule has 1 rings (SSSR count). The highest BCUT2D eigenvalue weighted by molar-refractivity contribution is 6.54. The highest BCUT2D eigenvalue weighted by Gasteiger charge is 2.45. The van der Waals surface area contributed by atoms with Gasteiger partial charge in [0.25, 0.3) is 0 Å². The first-order chi connectivity index (χ1) is 8.22. The van der Waals surface area contributed by atoms with Crippen LogP contribution in [0, 0.1) is 0 Å². The van der Waals surface area contributed by atoms with Gasteiger partial charge in [-0.1, -0.05) is 6.58 Å². The highest BCUT2D eigenvalue weighted by atomic mass is 28.3. The molecule has 17 heavy (non-hydrogen) atoms. The monoisotopic (exact) mass is 260 g/mol. The van der Waals surface area contributed by atoms with Crippen LogP contribution in [0.3, 0.4) is 0 Å². The van der Waals surface area contributed by atoms with Gasteiger partial charge >= 0.3 is 5.97 Å². The Morgan fingerprint density at radius 1 is 1.65 bits per heavy atom. The van der Waals surface area contributed by atoms with Crippen molar-refractivity contribution in [2.24, 2.45) is 0 Å². The number of carbonyl (C=O) groups is 1. The lowest BCUT2D eigenvalue weighted by Crippen LogP contribution is -2.28. The summed E-state index contributed by atoms with van der Waals surface area (Å²) >= 11 is 0. The van der Waals surface area contributed by atoms with E-state index in [4.69, 9.17) is 19.0 Å². The van der Waals surface area contributed by atoms with Crippen molar-refractivity contribution in [3.63, 3.8) is 0 Å². The summed E-state index contributed by atoms with van der Waals surface area (Å²) in [4.78, 5) is 10.8. The summed E-state index contributed by atoms with van der Waals surface area (Å²) < 4.78 is 15.9. The van der Waals surface area contributed by atoms with Crippen molar-refractivity contribution in [3.8, 4) is 0 Å². The average Bonchev–Trinajstić information content (AvgIpc) is 3.12. The van der Waals surface area contributed by atoms with Crippen LogP contribution in [0.2, 0.25) is 6.04 Å². The largest absolute Gasteiger partial charge is 0.463 e. The van der Waals surface area contributed by atoms with Crippen LogP contribution in [0.4, 0.5) is 0 Å². The molecule has 0 aromatic carbocycles. The number of hydrogen-bond acceptors (Lipinski definition) is 5. The first-order valence-corrected chi connectivity index (χ1v) is 7.85. The molecule has 0 bridgehead atoms. The van der Waals surface area contributed by atoms with E-state index in [0.29, 0.717) is 13.2 Å². The van der Waals surface area contributed by atoms with Crippen molar-refractivity contribution in [2.45, 2.75) is 31.2 Å².